The van der Waals surface area contributed by atoms with Crippen LogP contribution in [0.3, 0.4) is 0 Å². The van der Waals surface area contributed by atoms with Gasteiger partial charge < -0.3 is 5.11 Å². The Balaban J connectivity index is 2.44. The number of aromatic nitrogens is 1. The minimum atomic E-state index is -3.69. The van der Waals surface area contributed by atoms with E-state index in [0.717, 1.165) is 5.56 Å². The van der Waals surface area contributed by atoms with Gasteiger partial charge in [-0.2, -0.15) is 0 Å². The van der Waals surface area contributed by atoms with Gasteiger partial charge in [-0.05, 0) is 36.4 Å². The van der Waals surface area contributed by atoms with E-state index in [4.69, 9.17) is 0 Å². The minimum Gasteiger partial charge on any atom is -0.391 e. The van der Waals surface area contributed by atoms with Crippen LogP contribution in [0.4, 0.5) is 5.69 Å². The lowest BCUT2D eigenvalue weighted by molar-refractivity contribution is 0.282. The lowest BCUT2D eigenvalue weighted by atomic mass is 10.3. The first kappa shape index (κ1) is 14.0. The number of rotatable bonds is 4. The summed E-state index contributed by atoms with van der Waals surface area (Å²) in [4.78, 5) is 4.52. The van der Waals surface area contributed by atoms with Crippen molar-refractivity contribution in [2.45, 2.75) is 25.3 Å². The zero-order valence-corrected chi connectivity index (χ0v) is 12.2. The molecule has 0 unspecified atom stereocenters. The lowest BCUT2D eigenvalue weighted by Gasteiger charge is -2.11. The highest BCUT2D eigenvalue weighted by atomic mass is 32.2. The summed E-state index contributed by atoms with van der Waals surface area (Å²) >= 11 is 1.24. The fourth-order valence-electron chi connectivity index (χ4n) is 1.74. The average Bonchev–Trinajstić information content (AvgIpc) is 2.74. The van der Waals surface area contributed by atoms with Gasteiger partial charge in [-0.15, -0.1) is 11.3 Å². The summed E-state index contributed by atoms with van der Waals surface area (Å²) in [6.45, 7) is 3.20. The largest absolute Gasteiger partial charge is 0.391 e. The summed E-state index contributed by atoms with van der Waals surface area (Å²) in [6, 6.07) is 1.60. The normalized spacial score (nSPS) is 11.5. The molecule has 0 aliphatic heterocycles. The Morgan fingerprint density at radius 1 is 1.37 bits per heavy atom. The van der Waals surface area contributed by atoms with Gasteiger partial charge >= 0.3 is 0 Å². The van der Waals surface area contributed by atoms with Crippen molar-refractivity contribution in [3.63, 3.8) is 0 Å². The number of pyridine rings is 1. The number of aryl methyl sites for hydroxylation is 2. The van der Waals surface area contributed by atoms with E-state index in [9.17, 15) is 13.5 Å². The van der Waals surface area contributed by atoms with E-state index in [0.29, 0.717) is 16.1 Å². The molecule has 0 fully saturated rings. The van der Waals surface area contributed by atoms with Crippen molar-refractivity contribution in [1.29, 1.82) is 0 Å². The molecule has 0 aromatic carbocycles. The van der Waals surface area contributed by atoms with Crippen LogP contribution in [0.15, 0.2) is 28.7 Å². The standard InChI is InChI=1S/C12H14N2O3S2/c1-8-5-13-4-3-10(8)14-19(16,17)12-9(2)7-18-11(12)6-15/h3-5,7,15H,6H2,1-2H3,(H,13,14). The van der Waals surface area contributed by atoms with Crippen molar-refractivity contribution < 1.29 is 13.5 Å². The van der Waals surface area contributed by atoms with Gasteiger partial charge in [0.2, 0.25) is 0 Å². The lowest BCUT2D eigenvalue weighted by Crippen LogP contribution is -2.15. The molecule has 19 heavy (non-hydrogen) atoms. The first-order chi connectivity index (χ1) is 8.95. The predicted molar refractivity (Wildman–Crippen MR) is 74.8 cm³/mol. The predicted octanol–water partition coefficient (Wildman–Crippen LogP) is 2.05. The van der Waals surface area contributed by atoms with Crippen molar-refractivity contribution in [2.75, 3.05) is 4.72 Å². The summed E-state index contributed by atoms with van der Waals surface area (Å²) in [7, 11) is -3.69. The van der Waals surface area contributed by atoms with Crippen LogP contribution in [-0.4, -0.2) is 18.5 Å². The zero-order valence-electron chi connectivity index (χ0n) is 10.5. The van der Waals surface area contributed by atoms with Gasteiger partial charge in [0, 0.05) is 12.4 Å². The Morgan fingerprint density at radius 3 is 2.74 bits per heavy atom. The monoisotopic (exact) mass is 298 g/mol. The van der Waals surface area contributed by atoms with E-state index >= 15 is 0 Å². The fraction of sp³-hybridized carbons (Fsp3) is 0.250. The molecular formula is C12H14N2O3S2. The highest BCUT2D eigenvalue weighted by Gasteiger charge is 2.23. The Hall–Kier alpha value is -1.44. The number of aliphatic hydroxyl groups excluding tert-OH is 1. The second kappa shape index (κ2) is 5.28. The maximum Gasteiger partial charge on any atom is 0.263 e. The quantitative estimate of drug-likeness (QED) is 0.905. The maximum absolute atomic E-state index is 12.4. The zero-order chi connectivity index (χ0) is 14.0. The molecule has 0 bridgehead atoms. The topological polar surface area (TPSA) is 79.3 Å². The molecule has 2 heterocycles. The van der Waals surface area contributed by atoms with Crippen molar-refractivity contribution in [1.82, 2.24) is 4.98 Å². The van der Waals surface area contributed by atoms with Gasteiger partial charge in [-0.25, -0.2) is 8.42 Å². The summed E-state index contributed by atoms with van der Waals surface area (Å²) in [5.41, 5.74) is 1.86. The van der Waals surface area contributed by atoms with Crippen LogP contribution in [0.2, 0.25) is 0 Å². The Morgan fingerprint density at radius 2 is 2.11 bits per heavy atom. The molecule has 5 nitrogen and oxygen atoms in total. The van der Waals surface area contributed by atoms with Gasteiger partial charge in [0.15, 0.2) is 0 Å². The number of hydrogen-bond donors (Lipinski definition) is 2. The molecule has 0 aliphatic rings. The molecule has 0 saturated carbocycles. The number of hydrogen-bond acceptors (Lipinski definition) is 5. The first-order valence-corrected chi connectivity index (χ1v) is 7.93. The van der Waals surface area contributed by atoms with E-state index in [1.54, 1.807) is 31.5 Å². The van der Waals surface area contributed by atoms with Crippen LogP contribution in [0, 0.1) is 13.8 Å². The van der Waals surface area contributed by atoms with Gasteiger partial charge in [-0.3, -0.25) is 9.71 Å². The van der Waals surface area contributed by atoms with E-state index < -0.39 is 10.0 Å². The van der Waals surface area contributed by atoms with E-state index in [2.05, 4.69) is 9.71 Å². The number of sulfonamides is 1. The molecule has 0 amide bonds. The highest BCUT2D eigenvalue weighted by Crippen LogP contribution is 2.29. The van der Waals surface area contributed by atoms with Crippen molar-refractivity contribution in [3.05, 3.63) is 39.8 Å². The van der Waals surface area contributed by atoms with E-state index in [1.165, 1.54) is 17.5 Å². The molecule has 7 heteroatoms. The number of thiophene rings is 1. The third-order valence-electron chi connectivity index (χ3n) is 2.67. The molecule has 0 atom stereocenters. The molecule has 2 aromatic rings. The van der Waals surface area contributed by atoms with E-state index in [-0.39, 0.29) is 11.5 Å². The summed E-state index contributed by atoms with van der Waals surface area (Å²) < 4.78 is 27.3. The second-order valence-corrected chi connectivity index (χ2v) is 6.71. The Bertz CT molecular complexity index is 693. The van der Waals surface area contributed by atoms with Crippen LogP contribution in [0.25, 0.3) is 0 Å². The smallest absolute Gasteiger partial charge is 0.263 e. The maximum atomic E-state index is 12.4. The van der Waals surface area contributed by atoms with Crippen molar-refractivity contribution in [2.24, 2.45) is 0 Å². The molecule has 0 aliphatic carbocycles. The molecule has 2 N–H and O–H groups in total. The van der Waals surface area contributed by atoms with Crippen LogP contribution < -0.4 is 4.72 Å². The SMILES string of the molecule is Cc1cnccc1NS(=O)(=O)c1c(C)csc1CO. The van der Waals surface area contributed by atoms with Crippen molar-refractivity contribution in [3.8, 4) is 0 Å². The van der Waals surface area contributed by atoms with Crippen molar-refractivity contribution >= 4 is 27.0 Å². The first-order valence-electron chi connectivity index (χ1n) is 5.57. The van der Waals surface area contributed by atoms with Crippen LogP contribution in [-0.2, 0) is 16.6 Å². The summed E-state index contributed by atoms with van der Waals surface area (Å²) in [6.07, 6.45) is 3.11. The number of nitrogens with zero attached hydrogens (tertiary/aromatic N) is 1. The molecule has 0 spiro atoms. The molecule has 0 saturated heterocycles. The third kappa shape index (κ3) is 2.78. The van der Waals surface area contributed by atoms with Gasteiger partial charge in [0.25, 0.3) is 10.0 Å². The van der Waals surface area contributed by atoms with Crippen LogP contribution in [0.1, 0.15) is 16.0 Å². The van der Waals surface area contributed by atoms with Gasteiger partial charge in [0.1, 0.15) is 4.90 Å². The van der Waals surface area contributed by atoms with Crippen LogP contribution in [0.5, 0.6) is 0 Å². The molecule has 102 valence electrons. The highest BCUT2D eigenvalue weighted by molar-refractivity contribution is 7.93. The Kier molecular flexibility index (Phi) is 3.88. The summed E-state index contributed by atoms with van der Waals surface area (Å²) in [5, 5.41) is 10.9. The Labute approximate surface area is 116 Å². The van der Waals surface area contributed by atoms with E-state index in [1.807, 2.05) is 0 Å². The number of aliphatic hydroxyl groups is 1. The number of anilines is 1. The van der Waals surface area contributed by atoms with Crippen LogP contribution >= 0.6 is 11.3 Å². The molecule has 2 aromatic heterocycles. The summed E-state index contributed by atoms with van der Waals surface area (Å²) in [5.74, 6) is 0. The van der Waals surface area contributed by atoms with Gasteiger partial charge in [0.05, 0.1) is 17.2 Å². The third-order valence-corrected chi connectivity index (χ3v) is 5.48. The molecular weight excluding hydrogens is 284 g/mol. The van der Waals surface area contributed by atoms with Gasteiger partial charge in [-0.1, -0.05) is 0 Å². The number of nitrogens with one attached hydrogen (secondary N) is 1. The second-order valence-electron chi connectivity index (χ2n) is 4.13. The average molecular weight is 298 g/mol. The molecule has 0 radical (unpaired) electrons. The molecule has 2 rings (SSSR count). The fourth-order valence-corrected chi connectivity index (χ4v) is 4.54. The minimum absolute atomic E-state index is 0.163.